The van der Waals surface area contributed by atoms with Gasteiger partial charge in [-0.25, -0.2) is 0 Å². The number of hydrogen-bond donors (Lipinski definition) is 1. The third-order valence-corrected chi connectivity index (χ3v) is 3.95. The number of carbonyl (C=O) groups excluding carboxylic acids is 2. The number of rotatable bonds is 3. The summed E-state index contributed by atoms with van der Waals surface area (Å²) in [5, 5.41) is 0. The van der Waals surface area contributed by atoms with E-state index >= 15 is 0 Å². The van der Waals surface area contributed by atoms with Crippen LogP contribution < -0.4 is 5.73 Å². The third kappa shape index (κ3) is 1.31. The molecule has 0 bridgehead atoms. The summed E-state index contributed by atoms with van der Waals surface area (Å²) < 4.78 is 5.44. The number of nitrogens with zero attached hydrogens (tertiary/aromatic N) is 1. The minimum atomic E-state index is -0.112. The fourth-order valence-corrected chi connectivity index (χ4v) is 2.98. The molecule has 16 heavy (non-hydrogen) atoms. The van der Waals surface area contributed by atoms with Gasteiger partial charge in [-0.2, -0.15) is 0 Å². The molecule has 0 aromatic rings. The van der Waals surface area contributed by atoms with Gasteiger partial charge in [0.25, 0.3) is 0 Å². The normalized spacial score (nSPS) is 41.7. The Balaban J connectivity index is 1.65. The number of carbonyl (C=O) groups is 2. The molecule has 0 spiro atoms. The molecule has 0 radical (unpaired) electrons. The minimum absolute atomic E-state index is 0.0269. The molecule has 3 aliphatic rings. The molecule has 1 saturated carbocycles. The maximum atomic E-state index is 11.9. The first-order valence-corrected chi connectivity index (χ1v) is 5.91. The lowest BCUT2D eigenvalue weighted by molar-refractivity contribution is -0.143. The molecule has 2 saturated heterocycles. The van der Waals surface area contributed by atoms with Crippen molar-refractivity contribution in [3.8, 4) is 0 Å². The van der Waals surface area contributed by atoms with Crippen molar-refractivity contribution in [2.75, 3.05) is 19.7 Å². The van der Waals surface area contributed by atoms with Gasteiger partial charge in [-0.15, -0.1) is 0 Å². The molecule has 3 fully saturated rings. The highest BCUT2D eigenvalue weighted by Gasteiger charge is 2.66. The predicted octanol–water partition coefficient (Wildman–Crippen LogP) is -0.645. The number of hydrogen-bond acceptors (Lipinski definition) is 4. The number of piperidine rings is 1. The zero-order valence-corrected chi connectivity index (χ0v) is 9.09. The van der Waals surface area contributed by atoms with Crippen LogP contribution in [0.1, 0.15) is 12.8 Å². The van der Waals surface area contributed by atoms with Gasteiger partial charge in [-0.3, -0.25) is 14.5 Å². The number of amides is 2. The summed E-state index contributed by atoms with van der Waals surface area (Å²) >= 11 is 0. The van der Waals surface area contributed by atoms with Crippen molar-refractivity contribution in [2.24, 2.45) is 23.5 Å². The van der Waals surface area contributed by atoms with E-state index in [0.717, 1.165) is 19.4 Å². The van der Waals surface area contributed by atoms with E-state index in [1.165, 1.54) is 4.90 Å². The highest BCUT2D eigenvalue weighted by atomic mass is 16.5. The fourth-order valence-electron chi connectivity index (χ4n) is 2.98. The largest absolute Gasteiger partial charge is 0.376 e. The van der Waals surface area contributed by atoms with Crippen LogP contribution in [0.3, 0.4) is 0 Å². The molecular formula is C11H16N2O3. The predicted molar refractivity (Wildman–Crippen MR) is 55.2 cm³/mol. The van der Waals surface area contributed by atoms with Crippen LogP contribution in [0.15, 0.2) is 0 Å². The van der Waals surface area contributed by atoms with Gasteiger partial charge in [0.05, 0.1) is 24.5 Å². The summed E-state index contributed by atoms with van der Waals surface area (Å²) in [4.78, 5) is 25.2. The second-order valence-electron chi connectivity index (χ2n) is 4.87. The van der Waals surface area contributed by atoms with Crippen LogP contribution in [0.2, 0.25) is 0 Å². The number of nitrogens with two attached hydrogens (primary N) is 1. The van der Waals surface area contributed by atoms with Crippen molar-refractivity contribution in [1.29, 1.82) is 0 Å². The monoisotopic (exact) mass is 224 g/mol. The zero-order chi connectivity index (χ0) is 11.3. The Kier molecular flexibility index (Phi) is 2.26. The molecule has 0 aromatic carbocycles. The minimum Gasteiger partial charge on any atom is -0.376 e. The van der Waals surface area contributed by atoms with E-state index in [1.54, 1.807) is 0 Å². The maximum Gasteiger partial charge on any atom is 0.233 e. The van der Waals surface area contributed by atoms with Gasteiger partial charge in [0.2, 0.25) is 11.8 Å². The number of imide groups is 1. The van der Waals surface area contributed by atoms with Gasteiger partial charge in [0.1, 0.15) is 0 Å². The topological polar surface area (TPSA) is 72.6 Å². The molecule has 0 aromatic heterocycles. The highest BCUT2D eigenvalue weighted by Crippen LogP contribution is 2.52. The summed E-state index contributed by atoms with van der Waals surface area (Å²) in [5.41, 5.74) is 5.51. The SMILES string of the molecule is NCC1C2C(=O)N(CC3CCCO3)C(=O)C12. The van der Waals surface area contributed by atoms with Crippen molar-refractivity contribution >= 4 is 11.8 Å². The standard InChI is InChI=1S/C11H16N2O3/c12-4-7-8-9(7)11(15)13(10(8)14)5-6-2-1-3-16-6/h6-9H,1-5,12H2. The summed E-state index contributed by atoms with van der Waals surface area (Å²) in [6, 6.07) is 0. The Bertz CT molecular complexity index is 316. The zero-order valence-electron chi connectivity index (χ0n) is 9.09. The van der Waals surface area contributed by atoms with E-state index in [2.05, 4.69) is 0 Å². The van der Waals surface area contributed by atoms with Gasteiger partial charge >= 0.3 is 0 Å². The summed E-state index contributed by atoms with van der Waals surface area (Å²) in [6.07, 6.45) is 2.04. The maximum absolute atomic E-state index is 11.9. The molecule has 2 aliphatic heterocycles. The molecule has 2 heterocycles. The van der Waals surface area contributed by atoms with Gasteiger partial charge in [0.15, 0.2) is 0 Å². The smallest absolute Gasteiger partial charge is 0.233 e. The van der Waals surface area contributed by atoms with Crippen LogP contribution in [0.5, 0.6) is 0 Å². The molecule has 2 N–H and O–H groups in total. The Morgan fingerprint density at radius 1 is 1.31 bits per heavy atom. The van der Waals surface area contributed by atoms with E-state index < -0.39 is 0 Å². The number of likely N-dealkylation sites (tertiary alicyclic amines) is 1. The van der Waals surface area contributed by atoms with Crippen LogP contribution in [0.4, 0.5) is 0 Å². The first-order chi connectivity index (χ1) is 7.74. The van der Waals surface area contributed by atoms with Crippen molar-refractivity contribution in [3.05, 3.63) is 0 Å². The van der Waals surface area contributed by atoms with Crippen LogP contribution >= 0.6 is 0 Å². The average molecular weight is 224 g/mol. The fraction of sp³-hybridized carbons (Fsp3) is 0.818. The second kappa shape index (κ2) is 3.53. The quantitative estimate of drug-likeness (QED) is 0.647. The van der Waals surface area contributed by atoms with E-state index in [0.29, 0.717) is 13.1 Å². The molecule has 3 atom stereocenters. The lowest BCUT2D eigenvalue weighted by Crippen LogP contribution is -2.40. The van der Waals surface area contributed by atoms with E-state index in [-0.39, 0.29) is 35.7 Å². The van der Waals surface area contributed by atoms with Crippen molar-refractivity contribution in [2.45, 2.75) is 18.9 Å². The first-order valence-electron chi connectivity index (χ1n) is 5.91. The van der Waals surface area contributed by atoms with Gasteiger partial charge in [-0.05, 0) is 25.3 Å². The van der Waals surface area contributed by atoms with Crippen molar-refractivity contribution in [1.82, 2.24) is 4.90 Å². The first kappa shape index (κ1) is 10.2. The molecule has 3 unspecified atom stereocenters. The molecule has 2 amide bonds. The molecule has 88 valence electrons. The van der Waals surface area contributed by atoms with E-state index in [4.69, 9.17) is 10.5 Å². The van der Waals surface area contributed by atoms with Gasteiger partial charge in [0, 0.05) is 6.61 Å². The second-order valence-corrected chi connectivity index (χ2v) is 4.87. The Morgan fingerprint density at radius 3 is 2.50 bits per heavy atom. The Labute approximate surface area is 93.9 Å². The molecular weight excluding hydrogens is 208 g/mol. The lowest BCUT2D eigenvalue weighted by atomic mass is 10.2. The molecule has 5 nitrogen and oxygen atoms in total. The molecule has 1 aliphatic carbocycles. The van der Waals surface area contributed by atoms with Gasteiger partial charge < -0.3 is 10.5 Å². The van der Waals surface area contributed by atoms with Crippen LogP contribution in [-0.4, -0.2) is 42.5 Å². The molecule has 3 rings (SSSR count). The van der Waals surface area contributed by atoms with Gasteiger partial charge in [-0.1, -0.05) is 0 Å². The summed E-state index contributed by atoms with van der Waals surface area (Å²) in [5.74, 6) is -0.166. The number of ether oxygens (including phenoxy) is 1. The van der Waals surface area contributed by atoms with Crippen molar-refractivity contribution in [3.63, 3.8) is 0 Å². The van der Waals surface area contributed by atoms with Crippen molar-refractivity contribution < 1.29 is 14.3 Å². The summed E-state index contributed by atoms with van der Waals surface area (Å²) in [6.45, 7) is 1.64. The third-order valence-electron chi connectivity index (χ3n) is 3.95. The molecule has 5 heteroatoms. The van der Waals surface area contributed by atoms with E-state index in [9.17, 15) is 9.59 Å². The lowest BCUT2D eigenvalue weighted by Gasteiger charge is -2.21. The Morgan fingerprint density at radius 2 is 2.00 bits per heavy atom. The van der Waals surface area contributed by atoms with Crippen LogP contribution in [-0.2, 0) is 14.3 Å². The van der Waals surface area contributed by atoms with Crippen LogP contribution in [0.25, 0.3) is 0 Å². The van der Waals surface area contributed by atoms with E-state index in [1.807, 2.05) is 0 Å². The highest BCUT2D eigenvalue weighted by molar-refractivity contribution is 6.09. The summed E-state index contributed by atoms with van der Waals surface area (Å²) in [7, 11) is 0. The Hall–Kier alpha value is -0.940. The number of fused-ring (bicyclic) bond motifs is 1. The average Bonchev–Trinajstić information content (AvgIpc) is 2.69. The van der Waals surface area contributed by atoms with Crippen LogP contribution in [0, 0.1) is 17.8 Å².